The summed E-state index contributed by atoms with van der Waals surface area (Å²) in [6, 6.07) is 7.19. The van der Waals surface area contributed by atoms with Gasteiger partial charge in [-0.15, -0.1) is 0 Å². The van der Waals surface area contributed by atoms with Gasteiger partial charge < -0.3 is 9.84 Å². The molecule has 1 heterocycles. The summed E-state index contributed by atoms with van der Waals surface area (Å²) in [5.74, 6) is -0.865. The number of carboxylic acid groups (broad SMARTS) is 1. The van der Waals surface area contributed by atoms with Crippen LogP contribution in [0.5, 0.6) is 0 Å². The standard InChI is InChI=1S/C15H21NO3/c1-11-8-16(10-15(2,3)19-11)9-12-6-4-5-7-13(12)14(17)18/h4-7,11H,8-10H2,1-3H3,(H,17,18). The first kappa shape index (κ1) is 14.0. The number of benzene rings is 1. The lowest BCUT2D eigenvalue weighted by Crippen LogP contribution is -2.51. The van der Waals surface area contributed by atoms with Gasteiger partial charge in [-0.2, -0.15) is 0 Å². The van der Waals surface area contributed by atoms with Crippen molar-refractivity contribution in [3.63, 3.8) is 0 Å². The maximum absolute atomic E-state index is 11.2. The Morgan fingerprint density at radius 3 is 2.79 bits per heavy atom. The molecule has 0 amide bonds. The van der Waals surface area contributed by atoms with E-state index in [0.717, 1.165) is 18.7 Å². The first-order valence-corrected chi connectivity index (χ1v) is 6.59. The molecule has 4 nitrogen and oxygen atoms in total. The van der Waals surface area contributed by atoms with E-state index in [4.69, 9.17) is 4.74 Å². The Morgan fingerprint density at radius 1 is 1.47 bits per heavy atom. The Bertz CT molecular complexity index is 470. The van der Waals surface area contributed by atoms with Crippen molar-refractivity contribution in [2.75, 3.05) is 13.1 Å². The monoisotopic (exact) mass is 263 g/mol. The van der Waals surface area contributed by atoms with E-state index in [1.807, 2.05) is 12.1 Å². The molecule has 0 aromatic heterocycles. The number of rotatable bonds is 3. The second-order valence-electron chi connectivity index (χ2n) is 5.82. The van der Waals surface area contributed by atoms with Crippen LogP contribution in [0.15, 0.2) is 24.3 Å². The summed E-state index contributed by atoms with van der Waals surface area (Å²) in [7, 11) is 0. The molecular weight excluding hydrogens is 242 g/mol. The summed E-state index contributed by atoms with van der Waals surface area (Å²) in [6.45, 7) is 8.48. The van der Waals surface area contributed by atoms with Crippen LogP contribution in [0.3, 0.4) is 0 Å². The molecule has 1 N–H and O–H groups in total. The molecule has 1 fully saturated rings. The fraction of sp³-hybridized carbons (Fsp3) is 0.533. The van der Waals surface area contributed by atoms with Crippen molar-refractivity contribution in [3.05, 3.63) is 35.4 Å². The maximum Gasteiger partial charge on any atom is 0.336 e. The molecular formula is C15H21NO3. The quantitative estimate of drug-likeness (QED) is 0.909. The largest absolute Gasteiger partial charge is 0.478 e. The van der Waals surface area contributed by atoms with E-state index in [1.165, 1.54) is 0 Å². The Hall–Kier alpha value is -1.39. The van der Waals surface area contributed by atoms with Crippen molar-refractivity contribution >= 4 is 5.97 Å². The molecule has 1 saturated heterocycles. The van der Waals surface area contributed by atoms with Crippen LogP contribution in [-0.2, 0) is 11.3 Å². The van der Waals surface area contributed by atoms with Gasteiger partial charge in [-0.25, -0.2) is 4.79 Å². The molecule has 0 saturated carbocycles. The van der Waals surface area contributed by atoms with Crippen molar-refractivity contribution in [3.8, 4) is 0 Å². The van der Waals surface area contributed by atoms with Crippen molar-refractivity contribution in [1.29, 1.82) is 0 Å². The van der Waals surface area contributed by atoms with Gasteiger partial charge in [0.25, 0.3) is 0 Å². The lowest BCUT2D eigenvalue weighted by atomic mass is 10.0. The minimum absolute atomic E-state index is 0.167. The third-order valence-corrected chi connectivity index (χ3v) is 3.28. The lowest BCUT2D eigenvalue weighted by molar-refractivity contribution is -0.130. The molecule has 0 bridgehead atoms. The first-order valence-electron chi connectivity index (χ1n) is 6.59. The van der Waals surface area contributed by atoms with Gasteiger partial charge >= 0.3 is 5.97 Å². The summed E-state index contributed by atoms with van der Waals surface area (Å²) >= 11 is 0. The zero-order chi connectivity index (χ0) is 14.0. The molecule has 0 spiro atoms. The minimum Gasteiger partial charge on any atom is -0.478 e. The highest BCUT2D eigenvalue weighted by molar-refractivity contribution is 5.89. The van der Waals surface area contributed by atoms with Crippen LogP contribution in [0.1, 0.15) is 36.7 Å². The molecule has 0 aliphatic carbocycles. The number of carbonyl (C=O) groups is 1. The van der Waals surface area contributed by atoms with Crippen molar-refractivity contribution in [2.24, 2.45) is 0 Å². The molecule has 1 aromatic carbocycles. The van der Waals surface area contributed by atoms with Gasteiger partial charge in [0, 0.05) is 19.6 Å². The van der Waals surface area contributed by atoms with Gasteiger partial charge in [0.1, 0.15) is 0 Å². The minimum atomic E-state index is -0.865. The molecule has 0 radical (unpaired) electrons. The summed E-state index contributed by atoms with van der Waals surface area (Å²) < 4.78 is 5.86. The second-order valence-corrected chi connectivity index (χ2v) is 5.82. The average molecular weight is 263 g/mol. The highest BCUT2D eigenvalue weighted by Gasteiger charge is 2.31. The van der Waals surface area contributed by atoms with Gasteiger partial charge in [-0.1, -0.05) is 18.2 Å². The van der Waals surface area contributed by atoms with Crippen molar-refractivity contribution < 1.29 is 14.6 Å². The molecule has 1 aromatic rings. The highest BCUT2D eigenvalue weighted by atomic mass is 16.5. The van der Waals surface area contributed by atoms with E-state index in [9.17, 15) is 9.90 Å². The SMILES string of the molecule is CC1CN(Cc2ccccc2C(=O)O)CC(C)(C)O1. The highest BCUT2D eigenvalue weighted by Crippen LogP contribution is 2.23. The molecule has 1 aliphatic rings. The topological polar surface area (TPSA) is 49.8 Å². The number of nitrogens with zero attached hydrogens (tertiary/aromatic N) is 1. The van der Waals surface area contributed by atoms with Crippen LogP contribution in [0.25, 0.3) is 0 Å². The van der Waals surface area contributed by atoms with Crippen molar-refractivity contribution in [2.45, 2.75) is 39.0 Å². The van der Waals surface area contributed by atoms with Crippen LogP contribution >= 0.6 is 0 Å². The van der Waals surface area contributed by atoms with E-state index >= 15 is 0 Å². The van der Waals surface area contributed by atoms with Crippen LogP contribution in [0.4, 0.5) is 0 Å². The fourth-order valence-electron chi connectivity index (χ4n) is 2.81. The zero-order valence-corrected chi connectivity index (χ0v) is 11.7. The molecule has 1 unspecified atom stereocenters. The van der Waals surface area contributed by atoms with E-state index in [-0.39, 0.29) is 11.7 Å². The normalized spacial score (nSPS) is 23.2. The number of hydrogen-bond acceptors (Lipinski definition) is 3. The summed E-state index contributed by atoms with van der Waals surface area (Å²) in [5, 5.41) is 9.21. The van der Waals surface area contributed by atoms with Gasteiger partial charge in [-0.05, 0) is 32.4 Å². The summed E-state index contributed by atoms with van der Waals surface area (Å²) in [5.41, 5.74) is 1.06. The van der Waals surface area contributed by atoms with E-state index in [1.54, 1.807) is 12.1 Å². The Balaban J connectivity index is 2.15. The van der Waals surface area contributed by atoms with E-state index in [0.29, 0.717) is 12.1 Å². The Kier molecular flexibility index (Phi) is 3.92. The molecule has 1 aliphatic heterocycles. The van der Waals surface area contributed by atoms with Gasteiger partial charge in [-0.3, -0.25) is 4.90 Å². The number of morpholine rings is 1. The molecule has 104 valence electrons. The number of ether oxygens (including phenoxy) is 1. The van der Waals surface area contributed by atoms with Crippen molar-refractivity contribution in [1.82, 2.24) is 4.90 Å². The third-order valence-electron chi connectivity index (χ3n) is 3.28. The number of aromatic carboxylic acids is 1. The zero-order valence-electron chi connectivity index (χ0n) is 11.7. The molecule has 2 rings (SSSR count). The van der Waals surface area contributed by atoms with E-state index in [2.05, 4.69) is 25.7 Å². The van der Waals surface area contributed by atoms with Crippen LogP contribution in [0, 0.1) is 0 Å². The maximum atomic E-state index is 11.2. The third kappa shape index (κ3) is 3.55. The Morgan fingerprint density at radius 2 is 2.16 bits per heavy atom. The van der Waals surface area contributed by atoms with Crippen LogP contribution in [-0.4, -0.2) is 40.8 Å². The predicted octanol–water partition coefficient (Wildman–Crippen LogP) is 2.38. The van der Waals surface area contributed by atoms with E-state index < -0.39 is 5.97 Å². The van der Waals surface area contributed by atoms with Crippen LogP contribution in [0.2, 0.25) is 0 Å². The summed E-state index contributed by atoms with van der Waals surface area (Å²) in [6.07, 6.45) is 0.167. The average Bonchev–Trinajstić information content (AvgIpc) is 2.26. The van der Waals surface area contributed by atoms with Crippen LogP contribution < -0.4 is 0 Å². The number of carboxylic acids is 1. The van der Waals surface area contributed by atoms with Gasteiger partial charge in [0.2, 0.25) is 0 Å². The first-order chi connectivity index (χ1) is 8.87. The van der Waals surface area contributed by atoms with Gasteiger partial charge in [0.05, 0.1) is 17.3 Å². The molecule has 19 heavy (non-hydrogen) atoms. The fourth-order valence-corrected chi connectivity index (χ4v) is 2.81. The smallest absolute Gasteiger partial charge is 0.336 e. The Labute approximate surface area is 114 Å². The number of hydrogen-bond donors (Lipinski definition) is 1. The predicted molar refractivity (Wildman–Crippen MR) is 73.3 cm³/mol. The summed E-state index contributed by atoms with van der Waals surface area (Å²) in [4.78, 5) is 13.5. The lowest BCUT2D eigenvalue weighted by Gasteiger charge is -2.41. The molecule has 1 atom stereocenters. The van der Waals surface area contributed by atoms with Gasteiger partial charge in [0.15, 0.2) is 0 Å². The second kappa shape index (κ2) is 5.31. The molecule has 4 heteroatoms.